The van der Waals surface area contributed by atoms with Crippen LogP contribution in [0.3, 0.4) is 0 Å². The molecule has 0 saturated heterocycles. The second-order valence-corrected chi connectivity index (χ2v) is 6.60. The molecule has 3 rings (SSSR count). The summed E-state index contributed by atoms with van der Waals surface area (Å²) in [7, 11) is 1.97. The number of hydrogen-bond donors (Lipinski definition) is 0. The van der Waals surface area contributed by atoms with Crippen LogP contribution in [0.25, 0.3) is 11.4 Å². The van der Waals surface area contributed by atoms with Gasteiger partial charge in [0.05, 0.1) is 0 Å². The van der Waals surface area contributed by atoms with E-state index in [2.05, 4.69) is 22.1 Å². The molecule has 0 N–H and O–H groups in total. The van der Waals surface area contributed by atoms with E-state index in [0.29, 0.717) is 0 Å². The molecule has 1 aromatic carbocycles. The Hall–Kier alpha value is -1.85. The van der Waals surface area contributed by atoms with Gasteiger partial charge in [0.15, 0.2) is 11.0 Å². The molecule has 0 spiro atoms. The van der Waals surface area contributed by atoms with E-state index in [1.54, 1.807) is 24.2 Å². The molecule has 1 unspecified atom stereocenters. The van der Waals surface area contributed by atoms with Crippen LogP contribution in [0.4, 0.5) is 0 Å². The third kappa shape index (κ3) is 3.00. The first-order valence-electron chi connectivity index (χ1n) is 6.87. The van der Waals surface area contributed by atoms with Crippen molar-refractivity contribution in [2.24, 2.45) is 7.05 Å². The SMILES string of the molecule is CC(Sc1nnc(-c2ccncc2)n1C)c1ccccc1Cl. The van der Waals surface area contributed by atoms with Gasteiger partial charge >= 0.3 is 0 Å². The summed E-state index contributed by atoms with van der Waals surface area (Å²) < 4.78 is 1.99. The quantitative estimate of drug-likeness (QED) is 0.666. The Morgan fingerprint density at radius 1 is 1.09 bits per heavy atom. The van der Waals surface area contributed by atoms with Crippen molar-refractivity contribution in [3.05, 3.63) is 59.4 Å². The van der Waals surface area contributed by atoms with Gasteiger partial charge in [-0.05, 0) is 30.7 Å². The minimum absolute atomic E-state index is 0.196. The van der Waals surface area contributed by atoms with Crippen molar-refractivity contribution in [2.75, 3.05) is 0 Å². The molecule has 112 valence electrons. The lowest BCUT2D eigenvalue weighted by Gasteiger charge is -2.12. The van der Waals surface area contributed by atoms with Crippen LogP contribution in [0.2, 0.25) is 5.02 Å². The second kappa shape index (κ2) is 6.50. The minimum atomic E-state index is 0.196. The molecule has 22 heavy (non-hydrogen) atoms. The maximum Gasteiger partial charge on any atom is 0.191 e. The average Bonchev–Trinajstić information content (AvgIpc) is 2.89. The van der Waals surface area contributed by atoms with E-state index < -0.39 is 0 Å². The number of rotatable bonds is 4. The predicted molar refractivity (Wildman–Crippen MR) is 90.0 cm³/mol. The van der Waals surface area contributed by atoms with Crippen LogP contribution in [0.15, 0.2) is 53.9 Å². The Kier molecular flexibility index (Phi) is 4.45. The van der Waals surface area contributed by atoms with Crippen LogP contribution in [0.1, 0.15) is 17.7 Å². The van der Waals surface area contributed by atoms with Gasteiger partial charge in [0.2, 0.25) is 0 Å². The molecule has 1 atom stereocenters. The van der Waals surface area contributed by atoms with Crippen LogP contribution in [0.5, 0.6) is 0 Å². The zero-order valence-electron chi connectivity index (χ0n) is 12.3. The lowest BCUT2D eigenvalue weighted by atomic mass is 10.2. The molecule has 6 heteroatoms. The topological polar surface area (TPSA) is 43.6 Å². The Labute approximate surface area is 138 Å². The number of benzene rings is 1. The number of halogens is 1. The largest absolute Gasteiger partial charge is 0.305 e. The normalized spacial score (nSPS) is 12.3. The molecule has 0 aliphatic carbocycles. The van der Waals surface area contributed by atoms with Gasteiger partial charge in [-0.1, -0.05) is 41.6 Å². The molecule has 4 nitrogen and oxygen atoms in total. The molecule has 0 fully saturated rings. The molecule has 0 aliphatic rings. The van der Waals surface area contributed by atoms with Crippen molar-refractivity contribution in [3.63, 3.8) is 0 Å². The summed E-state index contributed by atoms with van der Waals surface area (Å²) >= 11 is 7.91. The summed E-state index contributed by atoms with van der Waals surface area (Å²) in [6.07, 6.45) is 3.51. The van der Waals surface area contributed by atoms with Crippen LogP contribution >= 0.6 is 23.4 Å². The highest BCUT2D eigenvalue weighted by Gasteiger charge is 2.16. The summed E-state index contributed by atoms with van der Waals surface area (Å²) in [5.74, 6) is 0.830. The van der Waals surface area contributed by atoms with Gasteiger partial charge in [-0.15, -0.1) is 10.2 Å². The van der Waals surface area contributed by atoms with Crippen LogP contribution < -0.4 is 0 Å². The number of pyridine rings is 1. The predicted octanol–water partition coefficient (Wildman–Crippen LogP) is 4.38. The molecule has 0 bridgehead atoms. The summed E-state index contributed by atoms with van der Waals surface area (Å²) in [4.78, 5) is 4.03. The van der Waals surface area contributed by atoms with Crippen molar-refractivity contribution >= 4 is 23.4 Å². The van der Waals surface area contributed by atoms with Crippen LogP contribution in [0, 0.1) is 0 Å². The Morgan fingerprint density at radius 2 is 1.82 bits per heavy atom. The van der Waals surface area contributed by atoms with Gasteiger partial charge in [0.25, 0.3) is 0 Å². The molecule has 0 aliphatic heterocycles. The zero-order chi connectivity index (χ0) is 15.5. The molecular formula is C16H15ClN4S. The maximum absolute atomic E-state index is 6.26. The minimum Gasteiger partial charge on any atom is -0.305 e. The van der Waals surface area contributed by atoms with Crippen molar-refractivity contribution < 1.29 is 0 Å². The van der Waals surface area contributed by atoms with Crippen molar-refractivity contribution in [1.82, 2.24) is 19.7 Å². The molecule has 2 heterocycles. The Morgan fingerprint density at radius 3 is 2.55 bits per heavy atom. The highest BCUT2D eigenvalue weighted by molar-refractivity contribution is 7.99. The van der Waals surface area contributed by atoms with Gasteiger partial charge in [-0.3, -0.25) is 4.98 Å². The van der Waals surface area contributed by atoms with E-state index in [4.69, 9.17) is 11.6 Å². The fourth-order valence-electron chi connectivity index (χ4n) is 2.20. The monoisotopic (exact) mass is 330 g/mol. The van der Waals surface area contributed by atoms with Gasteiger partial charge in [0.1, 0.15) is 0 Å². The number of hydrogen-bond acceptors (Lipinski definition) is 4. The third-order valence-corrected chi connectivity index (χ3v) is 4.92. The van der Waals surface area contributed by atoms with E-state index >= 15 is 0 Å². The smallest absolute Gasteiger partial charge is 0.191 e. The van der Waals surface area contributed by atoms with Crippen molar-refractivity contribution in [2.45, 2.75) is 17.3 Å². The third-order valence-electron chi connectivity index (χ3n) is 3.40. The van der Waals surface area contributed by atoms with E-state index in [1.165, 1.54) is 0 Å². The summed E-state index contributed by atoms with van der Waals surface area (Å²) in [6.45, 7) is 2.12. The van der Waals surface area contributed by atoms with E-state index in [1.807, 2.05) is 48.0 Å². The Bertz CT molecular complexity index is 773. The standard InChI is InChI=1S/C16H15ClN4S/c1-11(13-5-3-4-6-14(13)17)22-16-20-19-15(21(16)2)12-7-9-18-10-8-12/h3-11H,1-2H3. The second-order valence-electron chi connectivity index (χ2n) is 4.88. The summed E-state index contributed by atoms with van der Waals surface area (Å²) in [6, 6.07) is 11.7. The molecule has 2 aromatic heterocycles. The molecular weight excluding hydrogens is 316 g/mol. The van der Waals surface area contributed by atoms with Crippen molar-refractivity contribution in [3.8, 4) is 11.4 Å². The highest BCUT2D eigenvalue weighted by atomic mass is 35.5. The number of thioether (sulfide) groups is 1. The van der Waals surface area contributed by atoms with Crippen molar-refractivity contribution in [1.29, 1.82) is 0 Å². The van der Waals surface area contributed by atoms with Gasteiger partial charge in [-0.2, -0.15) is 0 Å². The van der Waals surface area contributed by atoms with Gasteiger partial charge in [-0.25, -0.2) is 0 Å². The van der Waals surface area contributed by atoms with Crippen LogP contribution in [-0.2, 0) is 7.05 Å². The maximum atomic E-state index is 6.26. The molecule has 3 aromatic rings. The molecule has 0 radical (unpaired) electrons. The number of nitrogens with zero attached hydrogens (tertiary/aromatic N) is 4. The first-order chi connectivity index (χ1) is 10.7. The highest BCUT2D eigenvalue weighted by Crippen LogP contribution is 2.37. The summed E-state index contributed by atoms with van der Waals surface area (Å²) in [5, 5.41) is 10.4. The molecule has 0 saturated carbocycles. The first-order valence-corrected chi connectivity index (χ1v) is 8.13. The lowest BCUT2D eigenvalue weighted by Crippen LogP contribution is -1.97. The first kappa shape index (κ1) is 15.1. The van der Waals surface area contributed by atoms with Crippen LogP contribution in [-0.4, -0.2) is 19.7 Å². The summed E-state index contributed by atoms with van der Waals surface area (Å²) in [5.41, 5.74) is 2.10. The van der Waals surface area contributed by atoms with E-state index in [9.17, 15) is 0 Å². The van der Waals surface area contributed by atoms with Gasteiger partial charge < -0.3 is 4.57 Å². The number of aromatic nitrogens is 4. The fourth-order valence-corrected chi connectivity index (χ4v) is 3.54. The Balaban J connectivity index is 1.85. The van der Waals surface area contributed by atoms with E-state index in [0.717, 1.165) is 27.1 Å². The van der Waals surface area contributed by atoms with E-state index in [-0.39, 0.29) is 5.25 Å². The lowest BCUT2D eigenvalue weighted by molar-refractivity contribution is 0.790. The fraction of sp³-hybridized carbons (Fsp3) is 0.188. The zero-order valence-corrected chi connectivity index (χ0v) is 13.8. The van der Waals surface area contributed by atoms with Gasteiger partial charge in [0, 0.05) is 35.3 Å². The average molecular weight is 331 g/mol. The molecule has 0 amide bonds.